The molecule has 0 radical (unpaired) electrons. The quantitative estimate of drug-likeness (QED) is 0.485. The molecule has 2 rings (SSSR count). The second kappa shape index (κ2) is 10.2. The standard InChI is InChI=1S/C22H32N2O3/c1-4-5-6-7-8-12-20(25)23-13-14-24(21(26)16-23)19-11-9-10-18(15-19)22(27)17(2)3/h9-11,15,17H,4-8,12-14,16H2,1-3H3. The lowest BCUT2D eigenvalue weighted by molar-refractivity contribution is -0.136. The van der Waals surface area contributed by atoms with Crippen LogP contribution in [0.4, 0.5) is 5.69 Å². The van der Waals surface area contributed by atoms with E-state index in [9.17, 15) is 14.4 Å². The number of hydrogen-bond donors (Lipinski definition) is 0. The molecule has 0 saturated carbocycles. The van der Waals surface area contributed by atoms with Gasteiger partial charge in [-0.25, -0.2) is 0 Å². The van der Waals surface area contributed by atoms with Crippen molar-refractivity contribution in [1.29, 1.82) is 0 Å². The summed E-state index contributed by atoms with van der Waals surface area (Å²) in [5.74, 6) is -0.0260. The fourth-order valence-electron chi connectivity index (χ4n) is 3.36. The molecule has 1 saturated heterocycles. The maximum absolute atomic E-state index is 12.6. The van der Waals surface area contributed by atoms with E-state index in [0.717, 1.165) is 18.5 Å². The van der Waals surface area contributed by atoms with Crippen molar-refractivity contribution in [1.82, 2.24) is 4.90 Å². The smallest absolute Gasteiger partial charge is 0.246 e. The molecule has 0 N–H and O–H groups in total. The van der Waals surface area contributed by atoms with E-state index >= 15 is 0 Å². The number of piperazine rings is 1. The molecule has 0 spiro atoms. The largest absolute Gasteiger partial charge is 0.332 e. The summed E-state index contributed by atoms with van der Waals surface area (Å²) in [6.07, 6.45) is 6.06. The molecular formula is C22H32N2O3. The van der Waals surface area contributed by atoms with Crippen molar-refractivity contribution in [2.45, 2.75) is 59.3 Å². The Morgan fingerprint density at radius 3 is 2.48 bits per heavy atom. The summed E-state index contributed by atoms with van der Waals surface area (Å²) in [6.45, 7) is 7.04. The summed E-state index contributed by atoms with van der Waals surface area (Å²) in [7, 11) is 0. The van der Waals surface area contributed by atoms with Gasteiger partial charge in [0.25, 0.3) is 0 Å². The summed E-state index contributed by atoms with van der Waals surface area (Å²) in [5.41, 5.74) is 1.36. The lowest BCUT2D eigenvalue weighted by Crippen LogP contribution is -2.52. The number of nitrogens with zero attached hydrogens (tertiary/aromatic N) is 2. The van der Waals surface area contributed by atoms with Crippen LogP contribution in [0.1, 0.15) is 69.7 Å². The number of unbranched alkanes of at least 4 members (excludes halogenated alkanes) is 4. The van der Waals surface area contributed by atoms with Gasteiger partial charge in [0.05, 0.1) is 0 Å². The number of rotatable bonds is 9. The lowest BCUT2D eigenvalue weighted by Gasteiger charge is -2.34. The molecule has 1 aromatic carbocycles. The lowest BCUT2D eigenvalue weighted by atomic mass is 10.0. The van der Waals surface area contributed by atoms with Crippen molar-refractivity contribution >= 4 is 23.3 Å². The molecular weight excluding hydrogens is 340 g/mol. The molecule has 1 aromatic rings. The molecule has 5 nitrogen and oxygen atoms in total. The number of carbonyl (C=O) groups excluding carboxylic acids is 3. The zero-order valence-corrected chi connectivity index (χ0v) is 16.9. The Morgan fingerprint density at radius 2 is 1.81 bits per heavy atom. The number of carbonyl (C=O) groups is 3. The van der Waals surface area contributed by atoms with E-state index in [1.165, 1.54) is 19.3 Å². The van der Waals surface area contributed by atoms with Crippen molar-refractivity contribution in [3.05, 3.63) is 29.8 Å². The van der Waals surface area contributed by atoms with Crippen molar-refractivity contribution in [3.8, 4) is 0 Å². The second-order valence-electron chi connectivity index (χ2n) is 7.59. The van der Waals surface area contributed by atoms with E-state index in [1.807, 2.05) is 26.0 Å². The molecule has 0 aromatic heterocycles. The van der Waals surface area contributed by atoms with Gasteiger partial charge in [-0.2, -0.15) is 0 Å². The van der Waals surface area contributed by atoms with Crippen LogP contribution in [0.5, 0.6) is 0 Å². The summed E-state index contributed by atoms with van der Waals surface area (Å²) in [6, 6.07) is 7.23. The van der Waals surface area contributed by atoms with Crippen LogP contribution in [0.25, 0.3) is 0 Å². The molecule has 2 amide bonds. The normalized spacial score (nSPS) is 14.7. The number of Topliss-reactive ketones (excluding diaryl/α,β-unsaturated/α-hetero) is 1. The Kier molecular flexibility index (Phi) is 8.01. The molecule has 0 bridgehead atoms. The molecule has 148 valence electrons. The van der Waals surface area contributed by atoms with Crippen molar-refractivity contribution in [3.63, 3.8) is 0 Å². The molecule has 0 unspecified atom stereocenters. The summed E-state index contributed by atoms with van der Waals surface area (Å²) in [4.78, 5) is 40.5. The Bertz CT molecular complexity index is 669. The van der Waals surface area contributed by atoms with Gasteiger partial charge in [0.1, 0.15) is 6.54 Å². The van der Waals surface area contributed by atoms with E-state index in [2.05, 4.69) is 6.92 Å². The zero-order chi connectivity index (χ0) is 19.8. The minimum Gasteiger partial charge on any atom is -0.332 e. The van der Waals surface area contributed by atoms with Gasteiger partial charge < -0.3 is 9.80 Å². The van der Waals surface area contributed by atoms with Gasteiger partial charge in [-0.3, -0.25) is 14.4 Å². The number of amides is 2. The van der Waals surface area contributed by atoms with Gasteiger partial charge in [0.15, 0.2) is 5.78 Å². The summed E-state index contributed by atoms with van der Waals surface area (Å²) >= 11 is 0. The van der Waals surface area contributed by atoms with Crippen molar-refractivity contribution in [2.24, 2.45) is 5.92 Å². The monoisotopic (exact) mass is 372 g/mol. The molecule has 1 aliphatic rings. The van der Waals surface area contributed by atoms with Gasteiger partial charge >= 0.3 is 0 Å². The molecule has 0 atom stereocenters. The van der Waals surface area contributed by atoms with Gasteiger partial charge in [-0.15, -0.1) is 0 Å². The Labute approximate surface area is 162 Å². The maximum atomic E-state index is 12.6. The first-order valence-corrected chi connectivity index (χ1v) is 10.2. The van der Waals surface area contributed by atoms with Crippen LogP contribution in [-0.2, 0) is 9.59 Å². The van der Waals surface area contributed by atoms with Crippen LogP contribution >= 0.6 is 0 Å². The first-order valence-electron chi connectivity index (χ1n) is 10.2. The van der Waals surface area contributed by atoms with Gasteiger partial charge in [0.2, 0.25) is 11.8 Å². The zero-order valence-electron chi connectivity index (χ0n) is 16.9. The molecule has 0 aliphatic carbocycles. The van der Waals surface area contributed by atoms with Crippen molar-refractivity contribution < 1.29 is 14.4 Å². The van der Waals surface area contributed by atoms with E-state index in [4.69, 9.17) is 0 Å². The predicted octanol–water partition coefficient (Wildman–Crippen LogP) is 4.06. The number of hydrogen-bond acceptors (Lipinski definition) is 3. The third-order valence-corrected chi connectivity index (χ3v) is 5.03. The first kappa shape index (κ1) is 21.1. The maximum Gasteiger partial charge on any atom is 0.246 e. The summed E-state index contributed by atoms with van der Waals surface area (Å²) in [5, 5.41) is 0. The SMILES string of the molecule is CCCCCCCC(=O)N1CCN(c2cccc(C(=O)C(C)C)c2)C(=O)C1. The fourth-order valence-corrected chi connectivity index (χ4v) is 3.36. The predicted molar refractivity (Wildman–Crippen MR) is 108 cm³/mol. The summed E-state index contributed by atoms with van der Waals surface area (Å²) < 4.78 is 0. The van der Waals surface area contributed by atoms with Crippen molar-refractivity contribution in [2.75, 3.05) is 24.5 Å². The molecule has 27 heavy (non-hydrogen) atoms. The van der Waals surface area contributed by atoms with Gasteiger partial charge in [-0.05, 0) is 18.6 Å². The average molecular weight is 373 g/mol. The molecule has 1 aliphatic heterocycles. The molecule has 5 heteroatoms. The van der Waals surface area contributed by atoms with Crippen LogP contribution < -0.4 is 4.90 Å². The van der Waals surface area contributed by atoms with Crippen LogP contribution in [-0.4, -0.2) is 42.1 Å². The number of ketones is 1. The third-order valence-electron chi connectivity index (χ3n) is 5.03. The second-order valence-corrected chi connectivity index (χ2v) is 7.59. The first-order chi connectivity index (χ1) is 12.9. The number of anilines is 1. The van der Waals surface area contributed by atoms with E-state index in [-0.39, 0.29) is 30.1 Å². The molecule has 1 fully saturated rings. The highest BCUT2D eigenvalue weighted by Crippen LogP contribution is 2.21. The Balaban J connectivity index is 1.91. The minimum atomic E-state index is -0.0882. The highest BCUT2D eigenvalue weighted by molar-refractivity contribution is 6.01. The highest BCUT2D eigenvalue weighted by atomic mass is 16.2. The topological polar surface area (TPSA) is 57.7 Å². The highest BCUT2D eigenvalue weighted by Gasteiger charge is 2.28. The van der Waals surface area contributed by atoms with Gasteiger partial charge in [-0.1, -0.05) is 58.6 Å². The third kappa shape index (κ3) is 5.91. The van der Waals surface area contributed by atoms with E-state index in [1.54, 1.807) is 21.9 Å². The van der Waals surface area contributed by atoms with E-state index in [0.29, 0.717) is 25.1 Å². The molecule has 1 heterocycles. The van der Waals surface area contributed by atoms with Crippen LogP contribution in [0.3, 0.4) is 0 Å². The van der Waals surface area contributed by atoms with E-state index < -0.39 is 0 Å². The Morgan fingerprint density at radius 1 is 1.07 bits per heavy atom. The number of benzene rings is 1. The van der Waals surface area contributed by atoms with Gasteiger partial charge in [0, 0.05) is 36.7 Å². The van der Waals surface area contributed by atoms with Crippen LogP contribution in [0.15, 0.2) is 24.3 Å². The fraction of sp³-hybridized carbons (Fsp3) is 0.591. The minimum absolute atomic E-state index is 0.0705. The van der Waals surface area contributed by atoms with Crippen LogP contribution in [0, 0.1) is 5.92 Å². The Hall–Kier alpha value is -2.17. The average Bonchev–Trinajstić information content (AvgIpc) is 2.67. The van der Waals surface area contributed by atoms with Crippen LogP contribution in [0.2, 0.25) is 0 Å².